The maximum absolute atomic E-state index is 14.0. The second-order valence-electron chi connectivity index (χ2n) is 11.7. The number of hydrogen-bond acceptors (Lipinski definition) is 5. The molecule has 3 aliphatic carbocycles. The zero-order chi connectivity index (χ0) is 30.4. The summed E-state index contributed by atoms with van der Waals surface area (Å²) in [6.07, 6.45) is -0.751. The fraction of sp³-hybridized carbons (Fsp3) is 0.467. The van der Waals surface area contributed by atoms with E-state index in [0.29, 0.717) is 17.8 Å². The van der Waals surface area contributed by atoms with Gasteiger partial charge in [0, 0.05) is 24.2 Å². The smallest absolute Gasteiger partial charge is 0.358 e. The van der Waals surface area contributed by atoms with Gasteiger partial charge in [-0.25, -0.2) is 12.8 Å². The van der Waals surface area contributed by atoms with Crippen LogP contribution in [0.1, 0.15) is 51.2 Å². The van der Waals surface area contributed by atoms with Gasteiger partial charge in [-0.3, -0.25) is 9.79 Å². The van der Waals surface area contributed by atoms with Crippen LogP contribution < -0.4 is 10.6 Å². The Morgan fingerprint density at radius 3 is 2.33 bits per heavy atom. The predicted octanol–water partition coefficient (Wildman–Crippen LogP) is 5.25. The molecule has 3 atom stereocenters. The molecule has 7 nitrogen and oxygen atoms in total. The molecule has 226 valence electrons. The van der Waals surface area contributed by atoms with Crippen molar-refractivity contribution < 1.29 is 30.8 Å². The molecule has 2 aromatic rings. The molecule has 2 unspecified atom stereocenters. The number of rotatable bonds is 8. The minimum Gasteiger partial charge on any atom is -0.358 e. The number of alkyl halides is 3. The number of carbonyl (C=O) groups excluding carboxylic acids is 1. The van der Waals surface area contributed by atoms with Gasteiger partial charge in [0.05, 0.1) is 17.0 Å². The largest absolute Gasteiger partial charge is 0.416 e. The van der Waals surface area contributed by atoms with Crippen LogP contribution in [0.25, 0.3) is 0 Å². The number of amides is 1. The van der Waals surface area contributed by atoms with Gasteiger partial charge in [0.1, 0.15) is 17.2 Å². The van der Waals surface area contributed by atoms with E-state index in [0.717, 1.165) is 42.8 Å². The van der Waals surface area contributed by atoms with Crippen LogP contribution in [0.3, 0.4) is 0 Å². The van der Waals surface area contributed by atoms with Gasteiger partial charge < -0.3 is 10.6 Å². The highest BCUT2D eigenvalue weighted by molar-refractivity contribution is 7.89. The lowest BCUT2D eigenvalue weighted by atomic mass is 9.57. The van der Waals surface area contributed by atoms with Crippen LogP contribution in [0, 0.1) is 23.6 Å². The molecule has 2 aromatic carbocycles. The molecule has 3 saturated carbocycles. The zero-order valence-electron chi connectivity index (χ0n) is 23.6. The first-order valence-electron chi connectivity index (χ1n) is 13.9. The number of amidine groups is 1. The van der Waals surface area contributed by atoms with Crippen molar-refractivity contribution in [3.05, 3.63) is 77.2 Å². The molecule has 2 bridgehead atoms. The first-order chi connectivity index (χ1) is 19.7. The van der Waals surface area contributed by atoms with E-state index in [1.807, 2.05) is 6.92 Å². The molecule has 1 heterocycles. The van der Waals surface area contributed by atoms with E-state index in [1.54, 1.807) is 19.9 Å². The molecule has 4 aliphatic rings. The Balaban J connectivity index is 1.42. The van der Waals surface area contributed by atoms with E-state index < -0.39 is 39.2 Å². The Morgan fingerprint density at radius 2 is 1.74 bits per heavy atom. The quantitative estimate of drug-likeness (QED) is 0.402. The Bertz CT molecular complexity index is 1500. The van der Waals surface area contributed by atoms with E-state index in [-0.39, 0.29) is 41.6 Å². The van der Waals surface area contributed by atoms with Gasteiger partial charge in [-0.05, 0) is 93.8 Å². The van der Waals surface area contributed by atoms with Gasteiger partial charge in [0.15, 0.2) is 0 Å². The fourth-order valence-corrected chi connectivity index (χ4v) is 7.80. The maximum Gasteiger partial charge on any atom is 0.416 e. The topological polar surface area (TPSA) is 90.9 Å². The molecule has 0 saturated heterocycles. The Hall–Kier alpha value is -3.25. The van der Waals surface area contributed by atoms with Gasteiger partial charge in [-0.2, -0.15) is 17.5 Å². The third-order valence-electron chi connectivity index (χ3n) is 8.80. The summed E-state index contributed by atoms with van der Waals surface area (Å²) in [5.41, 5.74) is -0.635. The number of benzene rings is 2. The van der Waals surface area contributed by atoms with Crippen molar-refractivity contribution in [1.82, 2.24) is 14.9 Å². The summed E-state index contributed by atoms with van der Waals surface area (Å²) in [7, 11) is -4.15. The summed E-state index contributed by atoms with van der Waals surface area (Å²) in [5, 5.41) is 6.19. The van der Waals surface area contributed by atoms with Crippen molar-refractivity contribution in [3.63, 3.8) is 0 Å². The molecular weight excluding hydrogens is 572 g/mol. The van der Waals surface area contributed by atoms with E-state index in [2.05, 4.69) is 10.6 Å². The van der Waals surface area contributed by atoms with E-state index in [4.69, 9.17) is 4.99 Å². The predicted molar refractivity (Wildman–Crippen MR) is 150 cm³/mol. The summed E-state index contributed by atoms with van der Waals surface area (Å²) < 4.78 is 82.5. The lowest BCUT2D eigenvalue weighted by Crippen LogP contribution is -2.60. The van der Waals surface area contributed by atoms with E-state index in [9.17, 15) is 30.8 Å². The molecule has 3 fully saturated rings. The highest BCUT2D eigenvalue weighted by Gasteiger charge is 2.53. The standard InChI is InChI=1S/C30H34F4N4O3S/c1-4-18(2)36-28(39)29(3)17-35-27(37-29)25-15-26(21-13-20(25)14-21)38(42(40,41)24-11-9-23(31)10-12-24)16-19-5-7-22(8-6-19)30(32,33)34/h4-12,20-21,25-26H,13-17H2,1-3H3,(H,35,37)(H,36,39)/b18-4+/t20?,21?,25?,26?,29-/m0/s1. The average Bonchev–Trinajstić information content (AvgIpc) is 3.34. The van der Waals surface area contributed by atoms with Gasteiger partial charge in [0.2, 0.25) is 10.0 Å². The van der Waals surface area contributed by atoms with Crippen LogP contribution in [0.4, 0.5) is 17.6 Å². The van der Waals surface area contributed by atoms with Crippen molar-refractivity contribution in [3.8, 4) is 0 Å². The minimum atomic E-state index is -4.51. The first-order valence-corrected chi connectivity index (χ1v) is 15.4. The molecule has 0 radical (unpaired) electrons. The minimum absolute atomic E-state index is 0.0601. The monoisotopic (exact) mass is 606 g/mol. The van der Waals surface area contributed by atoms with Gasteiger partial charge in [-0.15, -0.1) is 0 Å². The number of halogens is 4. The summed E-state index contributed by atoms with van der Waals surface area (Å²) in [4.78, 5) is 17.6. The SMILES string of the molecule is C/C=C(\C)NC(=O)[C@]1(C)CN=C(C2CC(N(Cc3ccc(C(F)(F)F)cc3)S(=O)(=O)c3ccc(F)cc3)C3CC2C3)N1. The molecule has 12 heteroatoms. The lowest BCUT2D eigenvalue weighted by Gasteiger charge is -2.54. The summed E-state index contributed by atoms with van der Waals surface area (Å²) in [6.45, 7) is 5.50. The van der Waals surface area contributed by atoms with E-state index in [1.165, 1.54) is 28.6 Å². The molecular formula is C30H34F4N4O3S. The van der Waals surface area contributed by atoms with Crippen molar-refractivity contribution in [2.75, 3.05) is 6.54 Å². The molecule has 1 amide bonds. The Kier molecular flexibility index (Phi) is 7.99. The van der Waals surface area contributed by atoms with Crippen LogP contribution in [-0.2, 0) is 27.5 Å². The number of nitrogens with zero attached hydrogens (tertiary/aromatic N) is 2. The normalized spacial score (nSPS) is 27.7. The maximum atomic E-state index is 14.0. The van der Waals surface area contributed by atoms with Crippen LogP contribution in [0.2, 0.25) is 0 Å². The molecule has 2 N–H and O–H groups in total. The highest BCUT2D eigenvalue weighted by Crippen LogP contribution is 2.52. The van der Waals surface area contributed by atoms with Gasteiger partial charge in [0.25, 0.3) is 5.91 Å². The molecule has 1 aliphatic heterocycles. The summed E-state index contributed by atoms with van der Waals surface area (Å²) in [5.74, 6) is 0.110. The van der Waals surface area contributed by atoms with Gasteiger partial charge >= 0.3 is 6.18 Å². The van der Waals surface area contributed by atoms with Crippen molar-refractivity contribution in [2.24, 2.45) is 22.7 Å². The number of nitrogens with one attached hydrogen (secondary N) is 2. The average molecular weight is 607 g/mol. The van der Waals surface area contributed by atoms with Crippen LogP contribution in [0.5, 0.6) is 0 Å². The number of allylic oxidation sites excluding steroid dienone is 2. The van der Waals surface area contributed by atoms with Crippen LogP contribution in [0.15, 0.2) is 70.2 Å². The number of aliphatic imine (C=N–C) groups is 1. The second kappa shape index (κ2) is 11.1. The summed E-state index contributed by atoms with van der Waals surface area (Å²) in [6, 6.07) is 8.56. The Morgan fingerprint density at radius 1 is 1.10 bits per heavy atom. The number of fused-ring (bicyclic) bond motifs is 2. The number of carbonyl (C=O) groups is 1. The molecule has 0 aromatic heterocycles. The fourth-order valence-electron chi connectivity index (χ4n) is 6.12. The lowest BCUT2D eigenvalue weighted by molar-refractivity contribution is -0.137. The number of hydrogen-bond donors (Lipinski definition) is 2. The Labute approximate surface area is 243 Å². The highest BCUT2D eigenvalue weighted by atomic mass is 32.2. The van der Waals surface area contributed by atoms with Crippen molar-refractivity contribution in [2.45, 2.75) is 69.2 Å². The zero-order valence-corrected chi connectivity index (χ0v) is 24.4. The van der Waals surface area contributed by atoms with Crippen LogP contribution >= 0.6 is 0 Å². The molecule has 0 spiro atoms. The van der Waals surface area contributed by atoms with Crippen LogP contribution in [-0.4, -0.2) is 42.6 Å². The third-order valence-corrected chi connectivity index (χ3v) is 10.7. The molecule has 6 rings (SSSR count). The van der Waals surface area contributed by atoms with E-state index >= 15 is 0 Å². The summed E-state index contributed by atoms with van der Waals surface area (Å²) >= 11 is 0. The number of sulfonamides is 1. The first kappa shape index (κ1) is 30.2. The third kappa shape index (κ3) is 5.83. The second-order valence-corrected chi connectivity index (χ2v) is 13.6. The molecule has 42 heavy (non-hydrogen) atoms. The van der Waals surface area contributed by atoms with Gasteiger partial charge in [-0.1, -0.05) is 18.2 Å². The van der Waals surface area contributed by atoms with Crippen molar-refractivity contribution >= 4 is 21.8 Å². The van der Waals surface area contributed by atoms with Crippen molar-refractivity contribution in [1.29, 1.82) is 0 Å².